The van der Waals surface area contributed by atoms with E-state index in [1.807, 2.05) is 13.8 Å². The van der Waals surface area contributed by atoms with Crippen LogP contribution < -0.4 is 17.2 Å². The van der Waals surface area contributed by atoms with Gasteiger partial charge >= 0.3 is 9.53 Å². The van der Waals surface area contributed by atoms with Gasteiger partial charge < -0.3 is 13.3 Å². The zero-order valence-corrected chi connectivity index (χ0v) is 9.08. The van der Waals surface area contributed by atoms with Gasteiger partial charge in [0.2, 0.25) is 0 Å². The number of nitrogens with two attached hydrogens (primary N) is 3. The summed E-state index contributed by atoms with van der Waals surface area (Å²) in [5.74, 6) is -1.33. The van der Waals surface area contributed by atoms with Crippen LogP contribution in [0.15, 0.2) is 0 Å². The molecule has 13 heavy (non-hydrogen) atoms. The molecule has 6 nitrogen and oxygen atoms in total. The third-order valence-electron chi connectivity index (χ3n) is 0.964. The Bertz CT molecular complexity index is 125. The Labute approximate surface area is 80.3 Å². The first-order valence-electron chi connectivity index (χ1n) is 4.11. The lowest BCUT2D eigenvalue weighted by atomic mass is 10.4. The minimum Gasteiger partial charge on any atom is -0.371 e. The minimum absolute atomic E-state index is 0.0152. The van der Waals surface area contributed by atoms with Crippen molar-refractivity contribution in [2.24, 2.45) is 17.2 Å². The summed E-state index contributed by atoms with van der Waals surface area (Å²) in [4.78, 5) is 0. The minimum atomic E-state index is -1.72. The highest BCUT2D eigenvalue weighted by molar-refractivity contribution is 6.36. The summed E-state index contributed by atoms with van der Waals surface area (Å²) in [6.45, 7) is 4.78. The van der Waals surface area contributed by atoms with Crippen molar-refractivity contribution in [3.8, 4) is 0 Å². The lowest BCUT2D eigenvalue weighted by Gasteiger charge is -2.20. The molecule has 0 spiro atoms. The van der Waals surface area contributed by atoms with Gasteiger partial charge in [0.1, 0.15) is 5.79 Å². The van der Waals surface area contributed by atoms with Crippen molar-refractivity contribution in [3.63, 3.8) is 0 Å². The van der Waals surface area contributed by atoms with E-state index in [-0.39, 0.29) is 6.61 Å². The summed E-state index contributed by atoms with van der Waals surface area (Å²) in [5.41, 5.74) is 15.9. The summed E-state index contributed by atoms with van der Waals surface area (Å²) < 4.78 is 15.5. The monoisotopic (exact) mass is 208 g/mol. The molecule has 0 aliphatic heterocycles. The van der Waals surface area contributed by atoms with Crippen LogP contribution in [0.4, 0.5) is 0 Å². The molecule has 0 aliphatic rings. The van der Waals surface area contributed by atoms with Gasteiger partial charge in [0, 0.05) is 13.2 Å². The van der Waals surface area contributed by atoms with Crippen LogP contribution in [-0.4, -0.2) is 35.1 Å². The fraction of sp³-hybridized carbons (Fsp3) is 1.00. The molecule has 0 fully saturated rings. The van der Waals surface area contributed by atoms with E-state index in [4.69, 9.17) is 30.5 Å². The topological polar surface area (TPSA) is 106 Å². The predicted octanol–water partition coefficient (Wildman–Crippen LogP) is -1.41. The Morgan fingerprint density at radius 3 is 1.77 bits per heavy atom. The molecule has 0 aromatic heterocycles. The highest BCUT2D eigenvalue weighted by Gasteiger charge is 2.22. The third kappa shape index (κ3) is 8.31. The van der Waals surface area contributed by atoms with Gasteiger partial charge in [0.05, 0.1) is 6.61 Å². The van der Waals surface area contributed by atoms with Crippen LogP contribution in [0.1, 0.15) is 13.8 Å². The maximum atomic E-state index is 5.31. The zero-order valence-electron chi connectivity index (χ0n) is 8.08. The molecule has 0 unspecified atom stereocenters. The summed E-state index contributed by atoms with van der Waals surface area (Å²) in [6.07, 6.45) is 0. The molecule has 0 rings (SSSR count). The summed E-state index contributed by atoms with van der Waals surface area (Å²) >= 11 is 0. The largest absolute Gasteiger partial charge is 0.577 e. The van der Waals surface area contributed by atoms with Crippen LogP contribution in [0.25, 0.3) is 0 Å². The second-order valence-electron chi connectivity index (χ2n) is 2.52. The molecule has 0 atom stereocenters. The number of hydrogen-bond donors (Lipinski definition) is 3. The molecule has 0 saturated heterocycles. The van der Waals surface area contributed by atoms with Crippen molar-refractivity contribution in [3.05, 3.63) is 0 Å². The quantitative estimate of drug-likeness (QED) is 0.351. The standard InChI is InChI=1S/C6H18N3O3Si/c1-3-10-13(11-4-2)12-5-6(7,8)9/h3-5,7-9H2,1-2H3. The molecule has 0 amide bonds. The van der Waals surface area contributed by atoms with Gasteiger partial charge in [-0.05, 0) is 13.8 Å². The van der Waals surface area contributed by atoms with Gasteiger partial charge in [0.25, 0.3) is 0 Å². The molecular formula is C6H18N3O3Si. The van der Waals surface area contributed by atoms with E-state index in [1.54, 1.807) is 0 Å². The van der Waals surface area contributed by atoms with E-state index in [0.717, 1.165) is 0 Å². The number of hydrogen-bond acceptors (Lipinski definition) is 6. The van der Waals surface area contributed by atoms with Gasteiger partial charge in [-0.1, -0.05) is 0 Å². The van der Waals surface area contributed by atoms with E-state index in [9.17, 15) is 0 Å². The van der Waals surface area contributed by atoms with Gasteiger partial charge in [0.15, 0.2) is 0 Å². The average Bonchev–Trinajstić information content (AvgIpc) is 2.00. The lowest BCUT2D eigenvalue weighted by Crippen LogP contribution is -2.62. The molecule has 0 aromatic carbocycles. The van der Waals surface area contributed by atoms with E-state index in [1.165, 1.54) is 0 Å². The Morgan fingerprint density at radius 1 is 1.00 bits per heavy atom. The first-order valence-corrected chi connectivity index (χ1v) is 5.34. The van der Waals surface area contributed by atoms with Crippen molar-refractivity contribution in [1.82, 2.24) is 0 Å². The van der Waals surface area contributed by atoms with Gasteiger partial charge in [-0.25, -0.2) is 0 Å². The Hall–Kier alpha value is -0.0231. The van der Waals surface area contributed by atoms with E-state index in [2.05, 4.69) is 0 Å². The van der Waals surface area contributed by atoms with Crippen LogP contribution in [0.5, 0.6) is 0 Å². The first kappa shape index (κ1) is 13.0. The van der Waals surface area contributed by atoms with Crippen LogP contribution in [-0.2, 0) is 13.3 Å². The second-order valence-corrected chi connectivity index (χ2v) is 3.88. The normalized spacial score (nSPS) is 12.5. The number of rotatable bonds is 7. The maximum absolute atomic E-state index is 5.31. The molecule has 0 aromatic rings. The van der Waals surface area contributed by atoms with Crippen LogP contribution in [0, 0.1) is 0 Å². The van der Waals surface area contributed by atoms with E-state index in [0.29, 0.717) is 13.2 Å². The molecular weight excluding hydrogens is 190 g/mol. The predicted molar refractivity (Wildman–Crippen MR) is 50.3 cm³/mol. The third-order valence-corrected chi connectivity index (χ3v) is 2.39. The highest BCUT2D eigenvalue weighted by Crippen LogP contribution is 1.94. The van der Waals surface area contributed by atoms with Crippen LogP contribution in [0.2, 0.25) is 0 Å². The maximum Gasteiger partial charge on any atom is 0.577 e. The smallest absolute Gasteiger partial charge is 0.371 e. The van der Waals surface area contributed by atoms with E-state index < -0.39 is 15.3 Å². The molecule has 0 bridgehead atoms. The molecule has 1 radical (unpaired) electrons. The lowest BCUT2D eigenvalue weighted by molar-refractivity contribution is 0.0821. The van der Waals surface area contributed by atoms with Gasteiger partial charge in [-0.15, -0.1) is 0 Å². The van der Waals surface area contributed by atoms with Crippen molar-refractivity contribution < 1.29 is 13.3 Å². The van der Waals surface area contributed by atoms with Crippen LogP contribution in [0.3, 0.4) is 0 Å². The molecule has 0 saturated carbocycles. The Kier molecular flexibility index (Phi) is 6.42. The molecule has 0 aliphatic carbocycles. The summed E-state index contributed by atoms with van der Waals surface area (Å²) in [7, 11) is -1.72. The Morgan fingerprint density at radius 2 is 1.46 bits per heavy atom. The first-order chi connectivity index (χ1) is 5.99. The van der Waals surface area contributed by atoms with Crippen molar-refractivity contribution in [2.75, 3.05) is 19.8 Å². The zero-order chi connectivity index (χ0) is 10.3. The molecule has 6 N–H and O–H groups in total. The van der Waals surface area contributed by atoms with E-state index >= 15 is 0 Å². The van der Waals surface area contributed by atoms with Crippen LogP contribution >= 0.6 is 0 Å². The fourth-order valence-corrected chi connectivity index (χ4v) is 1.63. The highest BCUT2D eigenvalue weighted by atomic mass is 28.3. The second kappa shape index (κ2) is 6.43. The summed E-state index contributed by atoms with van der Waals surface area (Å²) in [5, 5.41) is 0. The van der Waals surface area contributed by atoms with Crippen molar-refractivity contribution >= 4 is 9.53 Å². The van der Waals surface area contributed by atoms with Crippen molar-refractivity contribution in [1.29, 1.82) is 0 Å². The molecule has 7 heteroatoms. The molecule has 79 valence electrons. The fourth-order valence-electron chi connectivity index (χ4n) is 0.545. The Balaban J connectivity index is 3.68. The SMILES string of the molecule is CCO[Si](OCC)OCC(N)(N)N. The molecule has 0 heterocycles. The van der Waals surface area contributed by atoms with Crippen molar-refractivity contribution in [2.45, 2.75) is 19.6 Å². The summed E-state index contributed by atoms with van der Waals surface area (Å²) in [6, 6.07) is 0. The average molecular weight is 208 g/mol. The van der Waals surface area contributed by atoms with Gasteiger partial charge in [-0.2, -0.15) is 0 Å². The van der Waals surface area contributed by atoms with Gasteiger partial charge in [-0.3, -0.25) is 17.2 Å².